The summed E-state index contributed by atoms with van der Waals surface area (Å²) in [5, 5.41) is 58.3. The van der Waals surface area contributed by atoms with E-state index in [1.807, 2.05) is 0 Å². The molecule has 12 nitrogen and oxygen atoms in total. The molecule has 0 unspecified atom stereocenters. The lowest BCUT2D eigenvalue weighted by Crippen LogP contribution is -2.57. The van der Waals surface area contributed by atoms with Crippen molar-refractivity contribution in [2.45, 2.75) is 85.6 Å². The molecule has 4 aliphatic rings. The van der Waals surface area contributed by atoms with Crippen molar-refractivity contribution >= 4 is 33.9 Å². The van der Waals surface area contributed by atoms with E-state index in [1.54, 1.807) is 0 Å². The highest BCUT2D eigenvalue weighted by Gasteiger charge is 2.50. The Balaban J connectivity index is 0.000000171. The van der Waals surface area contributed by atoms with E-state index in [-0.39, 0.29) is 0 Å². The minimum atomic E-state index is -1.14. The van der Waals surface area contributed by atoms with E-state index in [0.29, 0.717) is 10.3 Å². The Kier molecular flexibility index (Phi) is 7.54. The molecule has 0 saturated carbocycles. The Bertz CT molecular complexity index is 628. The van der Waals surface area contributed by atoms with Crippen molar-refractivity contribution in [3.8, 4) is 0 Å². The molecule has 0 aliphatic carbocycles. The van der Waals surface area contributed by atoms with Crippen LogP contribution in [0.4, 0.5) is 0 Å². The molecule has 4 heterocycles. The van der Waals surface area contributed by atoms with Gasteiger partial charge in [-0.2, -0.15) is 0 Å². The largest absolute Gasteiger partial charge is 0.391 e. The number of aliphatic hydroxyl groups is 6. The first-order valence-corrected chi connectivity index (χ1v) is 11.2. The normalized spacial score (nSPS) is 47.2. The average molecular weight is 469 g/mol. The quantitative estimate of drug-likeness (QED) is 0.198. The fraction of sp³-hybridized carbons (Fsp3) is 0.875. The number of aliphatic imine (C=N–C) groups is 2. The van der Waals surface area contributed by atoms with Crippen molar-refractivity contribution in [3.63, 3.8) is 0 Å². The van der Waals surface area contributed by atoms with E-state index < -0.39 is 71.8 Å². The predicted octanol–water partition coefficient (Wildman–Crippen LogP) is -3.51. The Hall–Kier alpha value is -0.680. The smallest absolute Gasteiger partial charge is 0.157 e. The zero-order valence-electron chi connectivity index (χ0n) is 16.3. The van der Waals surface area contributed by atoms with Crippen LogP contribution >= 0.6 is 23.5 Å². The predicted molar refractivity (Wildman–Crippen MR) is 111 cm³/mol. The molecule has 12 atom stereocenters. The first-order chi connectivity index (χ1) is 14.0. The highest BCUT2D eigenvalue weighted by molar-refractivity contribution is 8.14. The van der Waals surface area contributed by atoms with Gasteiger partial charge in [0.15, 0.2) is 10.3 Å². The van der Waals surface area contributed by atoms with Gasteiger partial charge in [0.1, 0.15) is 59.6 Å². The molecule has 4 rings (SSSR count). The van der Waals surface area contributed by atoms with Crippen LogP contribution in [0.1, 0.15) is 13.8 Å². The van der Waals surface area contributed by atoms with Crippen LogP contribution in [0.2, 0.25) is 0 Å². The number of nitrogens with zero attached hydrogens (tertiary/aromatic N) is 2. The first-order valence-electron chi connectivity index (χ1n) is 9.40. The lowest BCUT2D eigenvalue weighted by atomic mass is 9.95. The summed E-state index contributed by atoms with van der Waals surface area (Å²) in [6, 6.07) is -1.08. The second-order valence-electron chi connectivity index (χ2n) is 7.53. The van der Waals surface area contributed by atoms with Gasteiger partial charge in [-0.1, -0.05) is 23.5 Å². The van der Waals surface area contributed by atoms with E-state index in [9.17, 15) is 30.6 Å². The van der Waals surface area contributed by atoms with Crippen LogP contribution in [0.5, 0.6) is 0 Å². The van der Waals surface area contributed by atoms with Crippen LogP contribution < -0.4 is 11.5 Å². The summed E-state index contributed by atoms with van der Waals surface area (Å²) in [4.78, 5) is 7.95. The van der Waals surface area contributed by atoms with Gasteiger partial charge in [-0.15, -0.1) is 0 Å². The molecule has 0 amide bonds. The monoisotopic (exact) mass is 468 g/mol. The second kappa shape index (κ2) is 9.44. The molecular formula is C16H28N4O8S2. The van der Waals surface area contributed by atoms with Gasteiger partial charge in [0, 0.05) is 0 Å². The number of amidine groups is 2. The molecule has 172 valence electrons. The number of ether oxygens (including phenoxy) is 2. The van der Waals surface area contributed by atoms with Crippen molar-refractivity contribution in [1.29, 1.82) is 0 Å². The molecule has 0 spiro atoms. The number of hydrogen-bond acceptors (Lipinski definition) is 14. The number of hydrogen-bond donors (Lipinski definition) is 8. The van der Waals surface area contributed by atoms with Gasteiger partial charge in [0.05, 0.1) is 12.2 Å². The molecule has 4 aliphatic heterocycles. The van der Waals surface area contributed by atoms with Crippen LogP contribution in [0.15, 0.2) is 9.98 Å². The number of nitrogens with two attached hydrogens (primary N) is 2. The lowest BCUT2D eigenvalue weighted by Gasteiger charge is -2.39. The fourth-order valence-corrected chi connectivity index (χ4v) is 5.54. The summed E-state index contributed by atoms with van der Waals surface area (Å²) in [7, 11) is 0. The molecule has 14 heteroatoms. The fourth-order valence-electron chi connectivity index (χ4n) is 3.61. The molecule has 0 aromatic heterocycles. The standard InChI is InChI=1S/2C8H14N2O4S/c2*1-2(11)6-5(13)4(12)3-7(14-6)15-8(9)10-3/h2*2-7,11-13H,1H3,(H2,9,10)/t2-,3+,4+,5-,6+,7+;2-,3-,4-,5+,6-,7-/m01/s1. The van der Waals surface area contributed by atoms with Crippen LogP contribution in [0.3, 0.4) is 0 Å². The summed E-state index contributed by atoms with van der Waals surface area (Å²) in [6.45, 7) is 3.01. The second-order valence-corrected chi connectivity index (χ2v) is 9.77. The van der Waals surface area contributed by atoms with Crippen LogP contribution in [-0.2, 0) is 9.47 Å². The summed E-state index contributed by atoms with van der Waals surface area (Å²) in [5.41, 5.74) is 10.2. The maximum atomic E-state index is 9.77. The molecular weight excluding hydrogens is 440 g/mol. The van der Waals surface area contributed by atoms with Crippen LogP contribution in [0.25, 0.3) is 0 Å². The van der Waals surface area contributed by atoms with Gasteiger partial charge >= 0.3 is 0 Å². The summed E-state index contributed by atoms with van der Waals surface area (Å²) < 4.78 is 10.9. The molecule has 30 heavy (non-hydrogen) atoms. The lowest BCUT2D eigenvalue weighted by molar-refractivity contribution is -0.181. The maximum Gasteiger partial charge on any atom is 0.157 e. The van der Waals surface area contributed by atoms with E-state index >= 15 is 0 Å². The summed E-state index contributed by atoms with van der Waals surface area (Å²) in [5.74, 6) is 0. The summed E-state index contributed by atoms with van der Waals surface area (Å²) in [6.07, 6.45) is -7.66. The van der Waals surface area contributed by atoms with E-state index in [1.165, 1.54) is 37.4 Å². The van der Waals surface area contributed by atoms with E-state index in [2.05, 4.69) is 9.98 Å². The Labute approximate surface area is 181 Å². The van der Waals surface area contributed by atoms with Crippen molar-refractivity contribution < 1.29 is 40.1 Å². The number of thioether (sulfide) groups is 2. The SMILES string of the molecule is C[C@@H](O)[C@H]1O[C@@H]2SC(N)=N[C@@H]2[C@@H](O)[C@@H]1O.C[C@H](O)[C@H]1O[C@@H]2SC(N)=N[C@@H]2[C@@H](O)[C@@H]1O. The summed E-state index contributed by atoms with van der Waals surface area (Å²) >= 11 is 2.40. The van der Waals surface area contributed by atoms with Gasteiger partial charge < -0.3 is 51.6 Å². The zero-order chi connectivity index (χ0) is 22.3. The Morgan fingerprint density at radius 2 is 1.07 bits per heavy atom. The highest BCUT2D eigenvalue weighted by Crippen LogP contribution is 2.37. The topological polar surface area (TPSA) is 217 Å². The molecule has 10 N–H and O–H groups in total. The van der Waals surface area contributed by atoms with Gasteiger partial charge in [-0.05, 0) is 13.8 Å². The molecule has 2 saturated heterocycles. The van der Waals surface area contributed by atoms with Gasteiger partial charge in [-0.25, -0.2) is 0 Å². The van der Waals surface area contributed by atoms with Crippen molar-refractivity contribution in [2.75, 3.05) is 0 Å². The van der Waals surface area contributed by atoms with Crippen molar-refractivity contribution in [3.05, 3.63) is 0 Å². The number of fused-ring (bicyclic) bond motifs is 2. The molecule has 2 fully saturated rings. The number of aliphatic hydroxyl groups excluding tert-OH is 6. The first kappa shape index (κ1) is 24.0. The third-order valence-electron chi connectivity index (χ3n) is 5.19. The average Bonchev–Trinajstić information content (AvgIpc) is 3.23. The van der Waals surface area contributed by atoms with Crippen LogP contribution in [0, 0.1) is 0 Å². The Morgan fingerprint density at radius 1 is 0.733 bits per heavy atom. The van der Waals surface area contributed by atoms with Crippen molar-refractivity contribution in [1.82, 2.24) is 0 Å². The van der Waals surface area contributed by atoms with Gasteiger partial charge in [0.2, 0.25) is 0 Å². The minimum Gasteiger partial charge on any atom is -0.391 e. The third-order valence-corrected chi connectivity index (χ3v) is 7.13. The third kappa shape index (κ3) is 4.72. The van der Waals surface area contributed by atoms with E-state index in [0.717, 1.165) is 0 Å². The molecule has 0 aromatic carbocycles. The van der Waals surface area contributed by atoms with Crippen molar-refractivity contribution in [2.24, 2.45) is 21.5 Å². The van der Waals surface area contributed by atoms with Crippen LogP contribution in [-0.4, -0.2) is 113 Å². The van der Waals surface area contributed by atoms with E-state index in [4.69, 9.17) is 20.9 Å². The minimum absolute atomic E-state index is 0.336. The van der Waals surface area contributed by atoms with Gasteiger partial charge in [0.25, 0.3) is 0 Å². The number of rotatable bonds is 2. The molecule has 0 radical (unpaired) electrons. The highest BCUT2D eigenvalue weighted by atomic mass is 32.2. The molecule has 0 aromatic rings. The zero-order valence-corrected chi connectivity index (χ0v) is 17.9. The molecule has 0 bridgehead atoms. The van der Waals surface area contributed by atoms with Gasteiger partial charge in [-0.3, -0.25) is 9.98 Å². The Morgan fingerprint density at radius 3 is 1.37 bits per heavy atom. The maximum absolute atomic E-state index is 9.77.